The summed E-state index contributed by atoms with van der Waals surface area (Å²) in [5, 5.41) is 0. The van der Waals surface area contributed by atoms with E-state index in [0.29, 0.717) is 6.04 Å². The molecule has 0 spiro atoms. The Morgan fingerprint density at radius 2 is 2.28 bits per heavy atom. The molecule has 1 aliphatic rings. The fourth-order valence-electron chi connectivity index (χ4n) is 2.66. The Labute approximate surface area is 110 Å². The van der Waals surface area contributed by atoms with Gasteiger partial charge in [-0.2, -0.15) is 0 Å². The lowest BCUT2D eigenvalue weighted by Crippen LogP contribution is -2.41. The third-order valence-electron chi connectivity index (χ3n) is 3.89. The number of piperidine rings is 1. The normalized spacial score (nSPS) is 22.7. The number of rotatable bonds is 4. The second-order valence-electron chi connectivity index (χ2n) is 5.22. The van der Waals surface area contributed by atoms with Crippen molar-refractivity contribution in [1.82, 2.24) is 4.90 Å². The highest BCUT2D eigenvalue weighted by Gasteiger charge is 2.20. The number of benzene rings is 1. The van der Waals surface area contributed by atoms with Crippen LogP contribution in [0.5, 0.6) is 5.75 Å². The molecule has 1 aromatic rings. The molecule has 0 aromatic heterocycles. The minimum absolute atomic E-state index is 0.0700. The van der Waals surface area contributed by atoms with Gasteiger partial charge in [0, 0.05) is 18.6 Å². The Morgan fingerprint density at radius 1 is 1.44 bits per heavy atom. The molecule has 2 rings (SSSR count). The van der Waals surface area contributed by atoms with Gasteiger partial charge < -0.3 is 10.5 Å². The zero-order valence-electron chi connectivity index (χ0n) is 11.4. The lowest BCUT2D eigenvalue weighted by Gasteiger charge is -2.35. The van der Waals surface area contributed by atoms with Crippen LogP contribution in [0.4, 0.5) is 0 Å². The van der Waals surface area contributed by atoms with Crippen LogP contribution >= 0.6 is 0 Å². The van der Waals surface area contributed by atoms with Gasteiger partial charge in [-0.3, -0.25) is 4.90 Å². The number of likely N-dealkylation sites (tertiary alicyclic amines) is 1. The predicted octanol–water partition coefficient (Wildman–Crippen LogP) is 2.57. The van der Waals surface area contributed by atoms with E-state index in [0.717, 1.165) is 17.9 Å². The van der Waals surface area contributed by atoms with Crippen molar-refractivity contribution in [1.29, 1.82) is 0 Å². The topological polar surface area (TPSA) is 38.5 Å². The summed E-state index contributed by atoms with van der Waals surface area (Å²) in [6.07, 6.45) is 3.95. The molecule has 1 fully saturated rings. The molecule has 18 heavy (non-hydrogen) atoms. The highest BCUT2D eigenvalue weighted by atomic mass is 16.5. The second kappa shape index (κ2) is 6.21. The summed E-state index contributed by atoms with van der Waals surface area (Å²) in [7, 11) is 1.69. The number of methoxy groups -OCH3 is 1. The summed E-state index contributed by atoms with van der Waals surface area (Å²) in [6.45, 7) is 4.42. The van der Waals surface area contributed by atoms with E-state index in [9.17, 15) is 0 Å². The first-order valence-corrected chi connectivity index (χ1v) is 6.84. The average Bonchev–Trinajstić information content (AvgIpc) is 2.41. The fourth-order valence-corrected chi connectivity index (χ4v) is 2.66. The fraction of sp³-hybridized carbons (Fsp3) is 0.600. The van der Waals surface area contributed by atoms with Crippen molar-refractivity contribution in [2.75, 3.05) is 20.2 Å². The van der Waals surface area contributed by atoms with Gasteiger partial charge in [-0.05, 0) is 44.0 Å². The summed E-state index contributed by atoms with van der Waals surface area (Å²) in [5.74, 6) is 0.884. The molecule has 0 saturated carbocycles. The zero-order chi connectivity index (χ0) is 13.0. The predicted molar refractivity (Wildman–Crippen MR) is 74.8 cm³/mol. The largest absolute Gasteiger partial charge is 0.497 e. The van der Waals surface area contributed by atoms with E-state index >= 15 is 0 Å². The van der Waals surface area contributed by atoms with E-state index < -0.39 is 0 Å². The molecule has 1 saturated heterocycles. The molecule has 3 heteroatoms. The summed E-state index contributed by atoms with van der Waals surface area (Å²) in [6, 6.07) is 8.82. The molecular formula is C15H24N2O. The first-order chi connectivity index (χ1) is 8.70. The van der Waals surface area contributed by atoms with Gasteiger partial charge in [-0.25, -0.2) is 0 Å². The third-order valence-corrected chi connectivity index (χ3v) is 3.89. The lowest BCUT2D eigenvalue weighted by molar-refractivity contribution is 0.151. The van der Waals surface area contributed by atoms with Crippen LogP contribution in [0.2, 0.25) is 0 Å². The number of nitrogens with zero attached hydrogens (tertiary/aromatic N) is 1. The van der Waals surface area contributed by atoms with Gasteiger partial charge in [0.15, 0.2) is 0 Å². The standard InChI is InChI=1S/C15H24N2O/c1-12-6-3-4-9-17(12)11-15(16)13-7-5-8-14(10-13)18-2/h5,7-8,10,12,15H,3-4,6,9,11,16H2,1-2H3. The van der Waals surface area contributed by atoms with E-state index in [1.807, 2.05) is 18.2 Å². The van der Waals surface area contributed by atoms with Crippen LogP contribution in [0.3, 0.4) is 0 Å². The minimum Gasteiger partial charge on any atom is -0.497 e. The molecule has 2 unspecified atom stereocenters. The molecule has 1 heterocycles. The average molecular weight is 248 g/mol. The highest BCUT2D eigenvalue weighted by Crippen LogP contribution is 2.22. The third kappa shape index (κ3) is 3.24. The van der Waals surface area contributed by atoms with E-state index in [-0.39, 0.29) is 6.04 Å². The zero-order valence-corrected chi connectivity index (χ0v) is 11.4. The van der Waals surface area contributed by atoms with Crippen molar-refractivity contribution in [3.63, 3.8) is 0 Å². The monoisotopic (exact) mass is 248 g/mol. The van der Waals surface area contributed by atoms with Crippen molar-refractivity contribution in [2.24, 2.45) is 5.73 Å². The van der Waals surface area contributed by atoms with E-state index in [4.69, 9.17) is 10.5 Å². The summed E-state index contributed by atoms with van der Waals surface area (Å²) in [4.78, 5) is 2.51. The lowest BCUT2D eigenvalue weighted by atomic mass is 10.0. The second-order valence-corrected chi connectivity index (χ2v) is 5.22. The van der Waals surface area contributed by atoms with Crippen molar-refractivity contribution >= 4 is 0 Å². The van der Waals surface area contributed by atoms with Gasteiger partial charge in [0.1, 0.15) is 5.75 Å². The van der Waals surface area contributed by atoms with Crippen LogP contribution in [0.1, 0.15) is 37.8 Å². The molecule has 0 aliphatic carbocycles. The quantitative estimate of drug-likeness (QED) is 0.890. The molecular weight excluding hydrogens is 224 g/mol. The molecule has 3 nitrogen and oxygen atoms in total. The molecule has 1 aromatic carbocycles. The maximum atomic E-state index is 6.31. The van der Waals surface area contributed by atoms with Crippen molar-refractivity contribution in [2.45, 2.75) is 38.3 Å². The SMILES string of the molecule is COc1cccc(C(N)CN2CCCCC2C)c1. The molecule has 2 atom stereocenters. The van der Waals surface area contributed by atoms with E-state index in [2.05, 4.69) is 17.9 Å². The number of hydrogen-bond acceptors (Lipinski definition) is 3. The van der Waals surface area contributed by atoms with E-state index in [1.165, 1.54) is 25.8 Å². The summed E-state index contributed by atoms with van der Waals surface area (Å²) in [5.41, 5.74) is 7.47. The van der Waals surface area contributed by atoms with Crippen LogP contribution in [-0.4, -0.2) is 31.1 Å². The smallest absolute Gasteiger partial charge is 0.119 e. The maximum Gasteiger partial charge on any atom is 0.119 e. The van der Waals surface area contributed by atoms with Crippen molar-refractivity contribution in [3.05, 3.63) is 29.8 Å². The van der Waals surface area contributed by atoms with Gasteiger partial charge >= 0.3 is 0 Å². The Balaban J connectivity index is 1.99. The Kier molecular flexibility index (Phi) is 4.61. The van der Waals surface area contributed by atoms with Crippen LogP contribution in [0, 0.1) is 0 Å². The van der Waals surface area contributed by atoms with Crippen molar-refractivity contribution in [3.8, 4) is 5.75 Å². The van der Waals surface area contributed by atoms with Crippen LogP contribution < -0.4 is 10.5 Å². The van der Waals surface area contributed by atoms with E-state index in [1.54, 1.807) is 7.11 Å². The molecule has 0 amide bonds. The van der Waals surface area contributed by atoms with Gasteiger partial charge in [-0.1, -0.05) is 18.6 Å². The number of nitrogens with two attached hydrogens (primary N) is 1. The first kappa shape index (κ1) is 13.4. The molecule has 1 aliphatic heterocycles. The van der Waals surface area contributed by atoms with Gasteiger partial charge in [0.2, 0.25) is 0 Å². The minimum atomic E-state index is 0.0700. The Morgan fingerprint density at radius 3 is 3.00 bits per heavy atom. The molecule has 0 radical (unpaired) electrons. The number of ether oxygens (including phenoxy) is 1. The van der Waals surface area contributed by atoms with Gasteiger partial charge in [0.05, 0.1) is 7.11 Å². The van der Waals surface area contributed by atoms with Crippen LogP contribution in [0.15, 0.2) is 24.3 Å². The Hall–Kier alpha value is -1.06. The molecule has 100 valence electrons. The Bertz CT molecular complexity index is 381. The number of hydrogen-bond donors (Lipinski definition) is 1. The highest BCUT2D eigenvalue weighted by molar-refractivity contribution is 5.30. The molecule has 0 bridgehead atoms. The van der Waals surface area contributed by atoms with Crippen molar-refractivity contribution < 1.29 is 4.74 Å². The van der Waals surface area contributed by atoms with Gasteiger partial charge in [0.25, 0.3) is 0 Å². The van der Waals surface area contributed by atoms with Crippen LogP contribution in [0.25, 0.3) is 0 Å². The maximum absolute atomic E-state index is 6.31. The van der Waals surface area contributed by atoms with Crippen LogP contribution in [-0.2, 0) is 0 Å². The first-order valence-electron chi connectivity index (χ1n) is 6.84. The summed E-state index contributed by atoms with van der Waals surface area (Å²) >= 11 is 0. The molecule has 2 N–H and O–H groups in total. The summed E-state index contributed by atoms with van der Waals surface area (Å²) < 4.78 is 5.25. The van der Waals surface area contributed by atoms with Gasteiger partial charge in [-0.15, -0.1) is 0 Å².